The van der Waals surface area contributed by atoms with Gasteiger partial charge in [-0.3, -0.25) is 4.98 Å². The molecule has 0 aliphatic heterocycles. The third kappa shape index (κ3) is 4.37. The average molecular weight is 261 g/mol. The summed E-state index contributed by atoms with van der Waals surface area (Å²) in [5.74, 6) is 1.23. The van der Waals surface area contributed by atoms with E-state index in [4.69, 9.17) is 9.15 Å². The Hall–Kier alpha value is -1.88. The Kier molecular flexibility index (Phi) is 4.52. The van der Waals surface area contributed by atoms with Gasteiger partial charge in [-0.1, -0.05) is 13.8 Å². The zero-order chi connectivity index (χ0) is 13.7. The first-order chi connectivity index (χ1) is 9.13. The minimum atomic E-state index is 0.243. The SMILES string of the molecule is Cc1ccc(Oc2nc(CNCC(C)C)co2)cn1. The van der Waals surface area contributed by atoms with Gasteiger partial charge in [0.25, 0.3) is 0 Å². The van der Waals surface area contributed by atoms with Crippen LogP contribution < -0.4 is 10.1 Å². The number of nitrogens with one attached hydrogen (secondary N) is 1. The number of ether oxygens (including phenoxy) is 1. The third-order valence-corrected chi connectivity index (χ3v) is 2.48. The highest BCUT2D eigenvalue weighted by molar-refractivity contribution is 5.22. The van der Waals surface area contributed by atoms with Crippen LogP contribution in [0.2, 0.25) is 0 Å². The van der Waals surface area contributed by atoms with Crippen LogP contribution in [0.3, 0.4) is 0 Å². The fourth-order valence-electron chi connectivity index (χ4n) is 1.52. The van der Waals surface area contributed by atoms with Crippen LogP contribution in [0.4, 0.5) is 0 Å². The highest BCUT2D eigenvalue weighted by Crippen LogP contribution is 2.19. The Morgan fingerprint density at radius 1 is 1.37 bits per heavy atom. The van der Waals surface area contributed by atoms with Crippen LogP contribution in [0.1, 0.15) is 25.2 Å². The van der Waals surface area contributed by atoms with Gasteiger partial charge >= 0.3 is 6.08 Å². The van der Waals surface area contributed by atoms with E-state index in [2.05, 4.69) is 29.1 Å². The minimum absolute atomic E-state index is 0.243. The van der Waals surface area contributed by atoms with Crippen LogP contribution in [0.25, 0.3) is 0 Å². The van der Waals surface area contributed by atoms with Crippen molar-refractivity contribution in [2.75, 3.05) is 6.54 Å². The molecule has 0 saturated carbocycles. The summed E-state index contributed by atoms with van der Waals surface area (Å²) < 4.78 is 10.7. The maximum absolute atomic E-state index is 5.47. The molecular weight excluding hydrogens is 242 g/mol. The first-order valence-corrected chi connectivity index (χ1v) is 6.39. The number of rotatable bonds is 6. The van der Waals surface area contributed by atoms with E-state index in [1.165, 1.54) is 0 Å². The van der Waals surface area contributed by atoms with Gasteiger partial charge in [-0.25, -0.2) is 0 Å². The lowest BCUT2D eigenvalue weighted by molar-refractivity contribution is 0.329. The summed E-state index contributed by atoms with van der Waals surface area (Å²) in [5.41, 5.74) is 1.77. The Balaban J connectivity index is 1.88. The van der Waals surface area contributed by atoms with E-state index in [-0.39, 0.29) is 6.08 Å². The summed E-state index contributed by atoms with van der Waals surface area (Å²) in [6.07, 6.45) is 3.49. The van der Waals surface area contributed by atoms with E-state index in [1.807, 2.05) is 19.1 Å². The lowest BCUT2D eigenvalue weighted by atomic mass is 10.2. The largest absolute Gasteiger partial charge is 0.417 e. The van der Waals surface area contributed by atoms with Crippen molar-refractivity contribution in [2.45, 2.75) is 27.3 Å². The Bertz CT molecular complexity index is 506. The van der Waals surface area contributed by atoms with E-state index in [1.54, 1.807) is 12.5 Å². The molecule has 0 spiro atoms. The van der Waals surface area contributed by atoms with E-state index in [9.17, 15) is 0 Å². The van der Waals surface area contributed by atoms with Crippen molar-refractivity contribution in [1.82, 2.24) is 15.3 Å². The van der Waals surface area contributed by atoms with E-state index >= 15 is 0 Å². The minimum Gasteiger partial charge on any atom is -0.417 e. The molecule has 2 aromatic heterocycles. The van der Waals surface area contributed by atoms with Crippen LogP contribution >= 0.6 is 0 Å². The van der Waals surface area contributed by atoms with Gasteiger partial charge in [0.1, 0.15) is 6.26 Å². The quantitative estimate of drug-likeness (QED) is 0.866. The maximum atomic E-state index is 5.47. The van der Waals surface area contributed by atoms with Gasteiger partial charge in [0.2, 0.25) is 0 Å². The normalized spacial score (nSPS) is 10.9. The van der Waals surface area contributed by atoms with Crippen molar-refractivity contribution in [3.63, 3.8) is 0 Å². The summed E-state index contributed by atoms with van der Waals surface area (Å²) in [6.45, 7) is 7.87. The molecule has 2 aromatic rings. The molecule has 0 atom stereocenters. The van der Waals surface area contributed by atoms with Gasteiger partial charge < -0.3 is 14.5 Å². The van der Waals surface area contributed by atoms with Crippen LogP contribution in [-0.4, -0.2) is 16.5 Å². The molecule has 5 nitrogen and oxygen atoms in total. The number of hydrogen-bond donors (Lipinski definition) is 1. The number of aryl methyl sites for hydroxylation is 1. The second-order valence-electron chi connectivity index (χ2n) is 4.87. The Morgan fingerprint density at radius 3 is 2.89 bits per heavy atom. The zero-order valence-corrected chi connectivity index (χ0v) is 11.5. The monoisotopic (exact) mass is 261 g/mol. The molecule has 0 aliphatic carbocycles. The zero-order valence-electron chi connectivity index (χ0n) is 11.5. The molecule has 2 rings (SSSR count). The summed E-state index contributed by atoms with van der Waals surface area (Å²) in [6, 6.07) is 3.71. The molecule has 2 heterocycles. The lowest BCUT2D eigenvalue weighted by Crippen LogP contribution is -2.19. The van der Waals surface area contributed by atoms with Gasteiger partial charge in [0, 0.05) is 12.2 Å². The lowest BCUT2D eigenvalue weighted by Gasteiger charge is -2.04. The van der Waals surface area contributed by atoms with Crippen molar-refractivity contribution >= 4 is 0 Å². The first kappa shape index (κ1) is 13.5. The van der Waals surface area contributed by atoms with Crippen molar-refractivity contribution in [3.05, 3.63) is 36.0 Å². The first-order valence-electron chi connectivity index (χ1n) is 6.39. The van der Waals surface area contributed by atoms with Crippen LogP contribution in [0.15, 0.2) is 29.0 Å². The highest BCUT2D eigenvalue weighted by Gasteiger charge is 2.06. The van der Waals surface area contributed by atoms with Crippen LogP contribution in [-0.2, 0) is 6.54 Å². The standard InChI is InChI=1S/C14H19N3O2/c1-10(2)6-15-7-12-9-18-14(17-12)19-13-5-4-11(3)16-8-13/h4-5,8-10,15H,6-7H2,1-3H3. The number of oxazole rings is 1. The van der Waals surface area contributed by atoms with Crippen molar-refractivity contribution < 1.29 is 9.15 Å². The number of aromatic nitrogens is 2. The summed E-state index contributed by atoms with van der Waals surface area (Å²) in [5, 5.41) is 3.30. The maximum Gasteiger partial charge on any atom is 0.399 e. The van der Waals surface area contributed by atoms with Crippen molar-refractivity contribution in [1.29, 1.82) is 0 Å². The second kappa shape index (κ2) is 6.33. The van der Waals surface area contributed by atoms with Gasteiger partial charge in [-0.2, -0.15) is 4.98 Å². The predicted molar refractivity (Wildman–Crippen MR) is 72.1 cm³/mol. The molecular formula is C14H19N3O2. The molecule has 1 N–H and O–H groups in total. The Labute approximate surface area is 113 Å². The second-order valence-corrected chi connectivity index (χ2v) is 4.87. The van der Waals surface area contributed by atoms with Crippen LogP contribution in [0.5, 0.6) is 11.8 Å². The van der Waals surface area contributed by atoms with Crippen molar-refractivity contribution in [3.8, 4) is 11.8 Å². The van der Waals surface area contributed by atoms with E-state index in [0.717, 1.165) is 17.9 Å². The molecule has 5 heteroatoms. The number of pyridine rings is 1. The number of nitrogens with zero attached hydrogens (tertiary/aromatic N) is 2. The molecule has 0 unspecified atom stereocenters. The molecule has 0 saturated heterocycles. The molecule has 102 valence electrons. The molecule has 0 aliphatic rings. The van der Waals surface area contributed by atoms with Crippen molar-refractivity contribution in [2.24, 2.45) is 5.92 Å². The number of hydrogen-bond acceptors (Lipinski definition) is 5. The summed E-state index contributed by atoms with van der Waals surface area (Å²) in [4.78, 5) is 8.39. The fourth-order valence-corrected chi connectivity index (χ4v) is 1.52. The molecule has 19 heavy (non-hydrogen) atoms. The van der Waals surface area contributed by atoms with Crippen LogP contribution in [0, 0.1) is 12.8 Å². The third-order valence-electron chi connectivity index (χ3n) is 2.48. The molecule has 0 amide bonds. The van der Waals surface area contributed by atoms with Gasteiger partial charge in [0.05, 0.1) is 11.9 Å². The predicted octanol–water partition coefficient (Wildman–Crippen LogP) is 2.92. The average Bonchev–Trinajstić information content (AvgIpc) is 2.79. The fraction of sp³-hybridized carbons (Fsp3) is 0.429. The van der Waals surface area contributed by atoms with Gasteiger partial charge in [-0.15, -0.1) is 0 Å². The summed E-state index contributed by atoms with van der Waals surface area (Å²) >= 11 is 0. The molecule has 0 aromatic carbocycles. The molecule has 0 bridgehead atoms. The van der Waals surface area contributed by atoms with E-state index < -0.39 is 0 Å². The smallest absolute Gasteiger partial charge is 0.399 e. The Morgan fingerprint density at radius 2 is 2.21 bits per heavy atom. The topological polar surface area (TPSA) is 60.2 Å². The van der Waals surface area contributed by atoms with E-state index in [0.29, 0.717) is 18.2 Å². The molecule has 0 radical (unpaired) electrons. The highest BCUT2D eigenvalue weighted by atomic mass is 16.6. The van der Waals surface area contributed by atoms with Gasteiger partial charge in [-0.05, 0) is 31.5 Å². The molecule has 0 fully saturated rings. The summed E-state index contributed by atoms with van der Waals surface area (Å²) in [7, 11) is 0. The van der Waals surface area contributed by atoms with Gasteiger partial charge in [0.15, 0.2) is 5.75 Å².